The molecule has 76 valence electrons. The van der Waals surface area contributed by atoms with Crippen LogP contribution in [0.2, 0.25) is 0 Å². The lowest BCUT2D eigenvalue weighted by Gasteiger charge is -2.34. The maximum absolute atomic E-state index is 11.4. The van der Waals surface area contributed by atoms with Crippen LogP contribution >= 0.6 is 12.4 Å². The third-order valence-electron chi connectivity index (χ3n) is 2.91. The number of halogens is 1. The van der Waals surface area contributed by atoms with E-state index in [1.807, 2.05) is 0 Å². The van der Waals surface area contributed by atoms with E-state index in [1.165, 1.54) is 0 Å². The van der Waals surface area contributed by atoms with E-state index in [0.717, 1.165) is 6.54 Å². The molecule has 2 saturated heterocycles. The number of aliphatic hydroxyl groups excluding tert-OH is 1. The first-order valence-electron chi connectivity index (χ1n) is 4.32. The van der Waals surface area contributed by atoms with Gasteiger partial charge in [-0.2, -0.15) is 0 Å². The molecule has 0 radical (unpaired) electrons. The number of hydrogen-bond acceptors (Lipinski definition) is 4. The standard InChI is InChI=1S/C8H13NO3.ClH/c10-6-5-9-3-1-8(6)2-4-12-7(8)11;/h6,9-10H,1-5H2;1H. The number of piperidine rings is 1. The summed E-state index contributed by atoms with van der Waals surface area (Å²) in [5.74, 6) is -0.212. The van der Waals surface area contributed by atoms with E-state index in [1.54, 1.807) is 0 Å². The molecule has 0 bridgehead atoms. The zero-order valence-electron chi connectivity index (χ0n) is 7.28. The number of nitrogens with one attached hydrogen (secondary N) is 1. The maximum atomic E-state index is 11.4. The molecule has 0 aliphatic carbocycles. The number of cyclic esters (lactones) is 1. The first-order valence-corrected chi connectivity index (χ1v) is 4.32. The van der Waals surface area contributed by atoms with Crippen molar-refractivity contribution >= 4 is 18.4 Å². The van der Waals surface area contributed by atoms with Gasteiger partial charge in [-0.15, -0.1) is 12.4 Å². The normalized spacial score (nSPS) is 38.5. The van der Waals surface area contributed by atoms with E-state index in [-0.39, 0.29) is 18.4 Å². The number of β-amino-alcohol motifs (C(OH)–C–C–N with tert-alkyl or cyclic N) is 1. The highest BCUT2D eigenvalue weighted by atomic mass is 35.5. The fourth-order valence-corrected chi connectivity index (χ4v) is 2.01. The molecule has 2 aliphatic rings. The van der Waals surface area contributed by atoms with Crippen LogP contribution < -0.4 is 5.32 Å². The first-order chi connectivity index (χ1) is 5.76. The summed E-state index contributed by atoms with van der Waals surface area (Å²) in [5, 5.41) is 12.7. The third kappa shape index (κ3) is 1.54. The van der Waals surface area contributed by atoms with Crippen molar-refractivity contribution in [2.45, 2.75) is 18.9 Å². The lowest BCUT2D eigenvalue weighted by molar-refractivity contribution is -0.153. The van der Waals surface area contributed by atoms with Crippen LogP contribution in [0, 0.1) is 5.41 Å². The van der Waals surface area contributed by atoms with Crippen molar-refractivity contribution < 1.29 is 14.6 Å². The molecule has 2 unspecified atom stereocenters. The Labute approximate surface area is 83.1 Å². The summed E-state index contributed by atoms with van der Waals surface area (Å²) in [5.41, 5.74) is -0.578. The van der Waals surface area contributed by atoms with Gasteiger partial charge in [0.2, 0.25) is 0 Å². The zero-order chi connectivity index (χ0) is 8.60. The topological polar surface area (TPSA) is 58.6 Å². The molecule has 0 saturated carbocycles. The Bertz CT molecular complexity index is 212. The first kappa shape index (κ1) is 10.8. The second-order valence-electron chi connectivity index (χ2n) is 3.51. The van der Waals surface area contributed by atoms with Crippen LogP contribution in [0.3, 0.4) is 0 Å². The molecule has 1 spiro atoms. The van der Waals surface area contributed by atoms with Crippen LogP contribution in [0.25, 0.3) is 0 Å². The summed E-state index contributed by atoms with van der Waals surface area (Å²) >= 11 is 0. The SMILES string of the molecule is Cl.O=C1OCCC12CCNCC2O. The number of aliphatic hydroxyl groups is 1. The van der Waals surface area contributed by atoms with Crippen LogP contribution in [-0.2, 0) is 9.53 Å². The van der Waals surface area contributed by atoms with Gasteiger partial charge in [0.1, 0.15) is 0 Å². The Morgan fingerprint density at radius 1 is 1.54 bits per heavy atom. The Morgan fingerprint density at radius 3 is 2.85 bits per heavy atom. The van der Waals surface area contributed by atoms with Gasteiger partial charge in [-0.05, 0) is 13.0 Å². The minimum atomic E-state index is -0.578. The monoisotopic (exact) mass is 207 g/mol. The lowest BCUT2D eigenvalue weighted by atomic mass is 9.75. The molecular formula is C8H14ClNO3. The molecule has 2 fully saturated rings. The van der Waals surface area contributed by atoms with E-state index < -0.39 is 11.5 Å². The largest absolute Gasteiger partial charge is 0.465 e. The molecule has 2 atom stereocenters. The van der Waals surface area contributed by atoms with Crippen molar-refractivity contribution in [3.8, 4) is 0 Å². The van der Waals surface area contributed by atoms with Gasteiger partial charge in [-0.1, -0.05) is 0 Å². The van der Waals surface area contributed by atoms with Gasteiger partial charge in [0.05, 0.1) is 18.1 Å². The van der Waals surface area contributed by atoms with E-state index in [9.17, 15) is 9.90 Å². The summed E-state index contributed by atoms with van der Waals surface area (Å²) < 4.78 is 4.89. The molecule has 4 nitrogen and oxygen atoms in total. The summed E-state index contributed by atoms with van der Waals surface area (Å²) in [6, 6.07) is 0. The second kappa shape index (κ2) is 3.82. The summed E-state index contributed by atoms with van der Waals surface area (Å²) in [6.07, 6.45) is 0.808. The van der Waals surface area contributed by atoms with Crippen molar-refractivity contribution in [3.63, 3.8) is 0 Å². The molecule has 0 aromatic rings. The fourth-order valence-electron chi connectivity index (χ4n) is 2.01. The summed E-state index contributed by atoms with van der Waals surface area (Å²) in [6.45, 7) is 1.77. The highest BCUT2D eigenvalue weighted by Crippen LogP contribution is 2.38. The maximum Gasteiger partial charge on any atom is 0.314 e. The van der Waals surface area contributed by atoms with E-state index in [2.05, 4.69) is 5.32 Å². The number of esters is 1. The smallest absolute Gasteiger partial charge is 0.314 e. The van der Waals surface area contributed by atoms with Crippen molar-refractivity contribution in [1.29, 1.82) is 0 Å². The van der Waals surface area contributed by atoms with E-state index >= 15 is 0 Å². The molecular weight excluding hydrogens is 194 g/mol. The van der Waals surface area contributed by atoms with Crippen LogP contribution in [0.15, 0.2) is 0 Å². The summed E-state index contributed by atoms with van der Waals surface area (Å²) in [7, 11) is 0. The Morgan fingerprint density at radius 2 is 2.31 bits per heavy atom. The van der Waals surface area contributed by atoms with Crippen LogP contribution in [0.4, 0.5) is 0 Å². The number of carbonyl (C=O) groups excluding carboxylic acids is 1. The van der Waals surface area contributed by atoms with Gasteiger partial charge in [-0.25, -0.2) is 0 Å². The Balaban J connectivity index is 0.000000845. The van der Waals surface area contributed by atoms with Gasteiger partial charge >= 0.3 is 5.97 Å². The molecule has 2 aliphatic heterocycles. The Hall–Kier alpha value is -0.320. The number of ether oxygens (including phenoxy) is 1. The van der Waals surface area contributed by atoms with Gasteiger partial charge in [0.15, 0.2) is 0 Å². The van der Waals surface area contributed by atoms with Crippen LogP contribution in [0.1, 0.15) is 12.8 Å². The number of rotatable bonds is 0. The lowest BCUT2D eigenvalue weighted by Crippen LogP contribution is -2.51. The van der Waals surface area contributed by atoms with Crippen LogP contribution in [-0.4, -0.2) is 36.9 Å². The number of carbonyl (C=O) groups is 1. The minimum absolute atomic E-state index is 0. The fraction of sp³-hybridized carbons (Fsp3) is 0.875. The van der Waals surface area contributed by atoms with Crippen molar-refractivity contribution in [2.75, 3.05) is 19.7 Å². The van der Waals surface area contributed by atoms with Crippen molar-refractivity contribution in [3.05, 3.63) is 0 Å². The molecule has 2 N–H and O–H groups in total. The molecule has 2 heterocycles. The van der Waals surface area contributed by atoms with Crippen molar-refractivity contribution in [1.82, 2.24) is 5.32 Å². The zero-order valence-corrected chi connectivity index (χ0v) is 8.10. The van der Waals surface area contributed by atoms with Gasteiger partial charge in [0, 0.05) is 13.0 Å². The highest BCUT2D eigenvalue weighted by molar-refractivity contribution is 5.85. The van der Waals surface area contributed by atoms with Gasteiger partial charge in [-0.3, -0.25) is 4.79 Å². The average Bonchev–Trinajstić information content (AvgIpc) is 2.41. The predicted octanol–water partition coefficient (Wildman–Crippen LogP) is -0.304. The minimum Gasteiger partial charge on any atom is -0.465 e. The number of hydrogen-bond donors (Lipinski definition) is 2. The summed E-state index contributed by atoms with van der Waals surface area (Å²) in [4.78, 5) is 11.4. The molecule has 5 heteroatoms. The van der Waals surface area contributed by atoms with Crippen molar-refractivity contribution in [2.24, 2.45) is 5.41 Å². The molecule has 0 amide bonds. The average molecular weight is 208 g/mol. The van der Waals surface area contributed by atoms with Gasteiger partial charge in [0.25, 0.3) is 0 Å². The third-order valence-corrected chi connectivity index (χ3v) is 2.91. The molecule has 2 rings (SSSR count). The molecule has 0 aromatic carbocycles. The predicted molar refractivity (Wildman–Crippen MR) is 48.8 cm³/mol. The van der Waals surface area contributed by atoms with Gasteiger partial charge < -0.3 is 15.2 Å². The Kier molecular flexibility index (Phi) is 3.16. The highest BCUT2D eigenvalue weighted by Gasteiger charge is 2.51. The molecule has 13 heavy (non-hydrogen) atoms. The van der Waals surface area contributed by atoms with Crippen LogP contribution in [0.5, 0.6) is 0 Å². The van der Waals surface area contributed by atoms with E-state index in [0.29, 0.717) is 26.0 Å². The molecule has 0 aromatic heterocycles. The van der Waals surface area contributed by atoms with E-state index in [4.69, 9.17) is 4.74 Å². The second-order valence-corrected chi connectivity index (χ2v) is 3.51. The quantitative estimate of drug-likeness (QED) is 0.536.